The second-order valence-electron chi connectivity index (χ2n) is 9.09. The van der Waals surface area contributed by atoms with Gasteiger partial charge in [-0.25, -0.2) is 0 Å². The van der Waals surface area contributed by atoms with Crippen molar-refractivity contribution in [3.63, 3.8) is 0 Å². The van der Waals surface area contributed by atoms with Crippen LogP contribution in [0.25, 0.3) is 0 Å². The molecule has 0 fully saturated rings. The first-order chi connectivity index (χ1) is 15.5. The average molecular weight is 432 g/mol. The van der Waals surface area contributed by atoms with Gasteiger partial charge < -0.3 is 14.0 Å². The Morgan fingerprint density at radius 3 is 1.34 bits per heavy atom. The summed E-state index contributed by atoms with van der Waals surface area (Å²) in [6, 6.07) is 17.7. The smallest absolute Gasteiger partial charge is 0.118 e. The highest BCUT2D eigenvalue weighted by Gasteiger charge is 2.39. The zero-order valence-electron chi connectivity index (χ0n) is 19.8. The van der Waals surface area contributed by atoms with Gasteiger partial charge in [-0.15, -0.1) is 0 Å². The van der Waals surface area contributed by atoms with Crippen LogP contribution in [0.4, 0.5) is 0 Å². The lowest BCUT2D eigenvalue weighted by Crippen LogP contribution is -2.36. The maximum atomic E-state index is 5.42. The molecule has 0 aliphatic carbocycles. The van der Waals surface area contributed by atoms with Crippen molar-refractivity contribution in [2.45, 2.75) is 24.9 Å². The molecule has 5 nitrogen and oxygen atoms in total. The minimum Gasteiger partial charge on any atom is -0.497 e. The van der Waals surface area contributed by atoms with Crippen molar-refractivity contribution in [2.24, 2.45) is 7.05 Å². The van der Waals surface area contributed by atoms with Crippen LogP contribution < -0.4 is 9.47 Å². The van der Waals surface area contributed by atoms with Gasteiger partial charge in [0.05, 0.1) is 26.3 Å². The third kappa shape index (κ3) is 3.31. The summed E-state index contributed by atoms with van der Waals surface area (Å²) in [5, 5.41) is 0. The lowest BCUT2D eigenvalue weighted by Gasteiger charge is -2.38. The molecule has 5 rings (SSSR count). The van der Waals surface area contributed by atoms with Gasteiger partial charge in [0, 0.05) is 55.5 Å². The number of hydrogen-bond acceptors (Lipinski definition) is 4. The molecule has 0 saturated carbocycles. The quantitative estimate of drug-likeness (QED) is 0.619. The molecule has 32 heavy (non-hydrogen) atoms. The molecule has 0 bridgehead atoms. The molecule has 0 spiro atoms. The van der Waals surface area contributed by atoms with Gasteiger partial charge in [0.15, 0.2) is 0 Å². The fourth-order valence-corrected chi connectivity index (χ4v) is 5.73. The normalized spacial score (nSPS) is 21.2. The number of hydrogen-bond donors (Lipinski definition) is 0. The molecule has 0 saturated heterocycles. The molecule has 2 aliphatic rings. The summed E-state index contributed by atoms with van der Waals surface area (Å²) in [4.78, 5) is 5.01. The summed E-state index contributed by atoms with van der Waals surface area (Å²) in [5.41, 5.74) is 8.61. The van der Waals surface area contributed by atoms with Gasteiger partial charge in [-0.2, -0.15) is 0 Å². The molecule has 2 aliphatic heterocycles. The molecule has 3 aromatic rings. The third-order valence-electron chi connectivity index (χ3n) is 7.42. The first kappa shape index (κ1) is 21.1. The lowest BCUT2D eigenvalue weighted by molar-refractivity contribution is 0.244. The largest absolute Gasteiger partial charge is 0.497 e. The number of likely N-dealkylation sites (N-methyl/N-ethyl adjacent to an activating group) is 2. The van der Waals surface area contributed by atoms with Gasteiger partial charge in [-0.1, -0.05) is 24.3 Å². The first-order valence-corrected chi connectivity index (χ1v) is 11.4. The second kappa shape index (κ2) is 8.30. The Labute approximate surface area is 191 Å². The number of fused-ring (bicyclic) bond motifs is 3. The third-order valence-corrected chi connectivity index (χ3v) is 7.42. The van der Waals surface area contributed by atoms with Crippen molar-refractivity contribution in [2.75, 3.05) is 41.4 Å². The zero-order valence-corrected chi connectivity index (χ0v) is 19.8. The van der Waals surface area contributed by atoms with E-state index in [0.717, 1.165) is 37.4 Å². The van der Waals surface area contributed by atoms with E-state index in [9.17, 15) is 0 Å². The monoisotopic (exact) mass is 431 g/mol. The van der Waals surface area contributed by atoms with E-state index in [2.05, 4.69) is 84.0 Å². The summed E-state index contributed by atoms with van der Waals surface area (Å²) in [6.45, 7) is 2.12. The van der Waals surface area contributed by atoms with Gasteiger partial charge in [0.25, 0.3) is 0 Å². The Morgan fingerprint density at radius 1 is 0.625 bits per heavy atom. The maximum Gasteiger partial charge on any atom is 0.118 e. The molecule has 168 valence electrons. The van der Waals surface area contributed by atoms with Crippen LogP contribution in [0.15, 0.2) is 48.5 Å². The average Bonchev–Trinajstić information content (AvgIpc) is 3.11. The van der Waals surface area contributed by atoms with E-state index in [1.54, 1.807) is 14.2 Å². The fourth-order valence-electron chi connectivity index (χ4n) is 5.73. The highest BCUT2D eigenvalue weighted by Crippen LogP contribution is 2.46. The van der Waals surface area contributed by atoms with Crippen LogP contribution in [0.1, 0.15) is 45.7 Å². The van der Waals surface area contributed by atoms with Gasteiger partial charge >= 0.3 is 0 Å². The Kier molecular flexibility index (Phi) is 5.48. The van der Waals surface area contributed by atoms with Crippen molar-refractivity contribution in [1.82, 2.24) is 14.4 Å². The predicted octanol–water partition coefficient (Wildman–Crippen LogP) is 4.20. The molecule has 0 radical (unpaired) electrons. The number of ether oxygens (including phenoxy) is 2. The molecule has 0 N–H and O–H groups in total. The van der Waals surface area contributed by atoms with Gasteiger partial charge in [0.2, 0.25) is 0 Å². The minimum atomic E-state index is 0.242. The minimum absolute atomic E-state index is 0.242. The Bertz CT molecular complexity index is 1010. The van der Waals surface area contributed by atoms with Crippen molar-refractivity contribution < 1.29 is 9.47 Å². The topological polar surface area (TPSA) is 29.9 Å². The molecule has 2 atom stereocenters. The Morgan fingerprint density at radius 2 is 1.00 bits per heavy atom. The number of nitrogens with zero attached hydrogens (tertiary/aromatic N) is 3. The summed E-state index contributed by atoms with van der Waals surface area (Å²) >= 11 is 0. The van der Waals surface area contributed by atoms with E-state index in [4.69, 9.17) is 9.47 Å². The van der Waals surface area contributed by atoms with Gasteiger partial charge in [0.1, 0.15) is 11.5 Å². The Balaban J connectivity index is 1.69. The van der Waals surface area contributed by atoms with E-state index in [1.807, 2.05) is 0 Å². The summed E-state index contributed by atoms with van der Waals surface area (Å²) in [7, 11) is 10.2. The molecule has 0 amide bonds. The van der Waals surface area contributed by atoms with Crippen LogP contribution >= 0.6 is 0 Å². The summed E-state index contributed by atoms with van der Waals surface area (Å²) in [5.74, 6) is 1.80. The van der Waals surface area contributed by atoms with E-state index >= 15 is 0 Å². The number of benzene rings is 2. The molecule has 2 aromatic carbocycles. The fraction of sp³-hybridized carbons (Fsp3) is 0.407. The van der Waals surface area contributed by atoms with E-state index in [-0.39, 0.29) is 12.1 Å². The number of aromatic nitrogens is 1. The summed E-state index contributed by atoms with van der Waals surface area (Å²) in [6.07, 6.45) is 2.17. The maximum absolute atomic E-state index is 5.42. The van der Waals surface area contributed by atoms with Crippen molar-refractivity contribution in [3.05, 3.63) is 82.2 Å². The number of rotatable bonds is 4. The molecular weight excluding hydrogens is 398 g/mol. The lowest BCUT2D eigenvalue weighted by atomic mass is 9.83. The standard InChI is InChI=1S/C27H33N3O2/c1-28-16-14-22-24(26(28)18-6-10-20(31-4)11-7-18)25-23(30(22)3)15-17-29(2)27(25)19-8-12-21(32-5)13-9-19/h6-13,26-27H,14-17H2,1-5H3/t26-,27-/m1/s1. The van der Waals surface area contributed by atoms with Crippen LogP contribution in [-0.4, -0.2) is 55.8 Å². The molecule has 1 aromatic heterocycles. The zero-order chi connectivity index (χ0) is 22.4. The highest BCUT2D eigenvalue weighted by molar-refractivity contribution is 5.53. The molecular formula is C27H33N3O2. The van der Waals surface area contributed by atoms with Crippen molar-refractivity contribution >= 4 is 0 Å². The van der Waals surface area contributed by atoms with Crippen LogP contribution in [0.5, 0.6) is 11.5 Å². The highest BCUT2D eigenvalue weighted by atomic mass is 16.5. The van der Waals surface area contributed by atoms with E-state index in [0.29, 0.717) is 0 Å². The Hall–Kier alpha value is -2.76. The number of methoxy groups -OCH3 is 2. The SMILES string of the molecule is COc1ccc([C@@H]2c3c4c(n(C)c3CCN2C)CCN(C)[C@@H]4c2ccc(OC)cc2)cc1. The van der Waals surface area contributed by atoms with Crippen LogP contribution in [0.3, 0.4) is 0 Å². The van der Waals surface area contributed by atoms with E-state index < -0.39 is 0 Å². The second-order valence-corrected chi connectivity index (χ2v) is 9.09. The molecule has 0 unspecified atom stereocenters. The first-order valence-electron chi connectivity index (χ1n) is 11.4. The van der Waals surface area contributed by atoms with Crippen molar-refractivity contribution in [3.8, 4) is 11.5 Å². The predicted molar refractivity (Wildman–Crippen MR) is 128 cm³/mol. The summed E-state index contributed by atoms with van der Waals surface area (Å²) < 4.78 is 13.3. The van der Waals surface area contributed by atoms with Crippen molar-refractivity contribution in [1.29, 1.82) is 0 Å². The van der Waals surface area contributed by atoms with Gasteiger partial charge in [-0.05, 0) is 49.5 Å². The van der Waals surface area contributed by atoms with Crippen LogP contribution in [-0.2, 0) is 19.9 Å². The van der Waals surface area contributed by atoms with E-state index in [1.165, 1.54) is 33.6 Å². The van der Waals surface area contributed by atoms with Gasteiger partial charge in [-0.3, -0.25) is 9.80 Å². The molecule has 5 heteroatoms. The van der Waals surface area contributed by atoms with Crippen LogP contribution in [0.2, 0.25) is 0 Å². The van der Waals surface area contributed by atoms with Crippen LogP contribution in [0, 0.1) is 0 Å². The molecule has 3 heterocycles.